The highest BCUT2D eigenvalue weighted by atomic mass is 15.2. The Balaban J connectivity index is 1.83. The summed E-state index contributed by atoms with van der Waals surface area (Å²) in [5.41, 5.74) is 0.587. The minimum atomic E-state index is 0.587. The molecule has 3 atom stereocenters. The molecule has 1 heterocycles. The monoisotopic (exact) mass is 252 g/mol. The summed E-state index contributed by atoms with van der Waals surface area (Å²) in [6.07, 6.45) is 6.85. The maximum atomic E-state index is 3.97. The minimum absolute atomic E-state index is 0.587. The quantitative estimate of drug-likeness (QED) is 0.811. The standard InChI is InChI=1S/C16H32N2/c1-12-11-18(5)13(2)10-15(12)17-14-6-8-16(3,4)9-7-14/h12-15,17H,6-11H2,1-5H3. The van der Waals surface area contributed by atoms with Gasteiger partial charge in [-0.2, -0.15) is 0 Å². The van der Waals surface area contributed by atoms with Crippen LogP contribution < -0.4 is 5.32 Å². The molecule has 2 heteroatoms. The lowest BCUT2D eigenvalue weighted by molar-refractivity contribution is 0.103. The van der Waals surface area contributed by atoms with Crippen molar-refractivity contribution in [3.63, 3.8) is 0 Å². The van der Waals surface area contributed by atoms with Gasteiger partial charge in [0.2, 0.25) is 0 Å². The predicted octanol–water partition coefficient (Wildman–Crippen LogP) is 3.27. The van der Waals surface area contributed by atoms with E-state index in [0.717, 1.165) is 24.0 Å². The van der Waals surface area contributed by atoms with Gasteiger partial charge in [-0.05, 0) is 57.4 Å². The van der Waals surface area contributed by atoms with Gasteiger partial charge in [0.1, 0.15) is 0 Å². The molecule has 3 unspecified atom stereocenters. The SMILES string of the molecule is CC1CN(C)C(C)CC1NC1CCC(C)(C)CC1. The summed E-state index contributed by atoms with van der Waals surface area (Å²) in [6, 6.07) is 2.25. The number of hydrogen-bond donors (Lipinski definition) is 1. The first-order chi connectivity index (χ1) is 8.37. The van der Waals surface area contributed by atoms with E-state index in [4.69, 9.17) is 0 Å². The Morgan fingerprint density at radius 2 is 1.72 bits per heavy atom. The van der Waals surface area contributed by atoms with Crippen molar-refractivity contribution in [3.05, 3.63) is 0 Å². The van der Waals surface area contributed by atoms with Crippen LogP contribution in [-0.2, 0) is 0 Å². The van der Waals surface area contributed by atoms with Crippen molar-refractivity contribution in [2.75, 3.05) is 13.6 Å². The van der Waals surface area contributed by atoms with Crippen molar-refractivity contribution in [2.45, 2.75) is 77.9 Å². The fourth-order valence-corrected chi connectivity index (χ4v) is 3.64. The number of nitrogens with zero attached hydrogens (tertiary/aromatic N) is 1. The van der Waals surface area contributed by atoms with Crippen LogP contribution in [0.4, 0.5) is 0 Å². The fourth-order valence-electron chi connectivity index (χ4n) is 3.64. The van der Waals surface area contributed by atoms with Crippen LogP contribution >= 0.6 is 0 Å². The van der Waals surface area contributed by atoms with Crippen molar-refractivity contribution >= 4 is 0 Å². The van der Waals surface area contributed by atoms with Crippen molar-refractivity contribution in [1.29, 1.82) is 0 Å². The van der Waals surface area contributed by atoms with Gasteiger partial charge in [0.15, 0.2) is 0 Å². The average Bonchev–Trinajstić information content (AvgIpc) is 2.28. The number of nitrogens with one attached hydrogen (secondary N) is 1. The molecule has 1 saturated carbocycles. The smallest absolute Gasteiger partial charge is 0.0122 e. The second kappa shape index (κ2) is 5.50. The summed E-state index contributed by atoms with van der Waals surface area (Å²) < 4.78 is 0. The molecule has 0 radical (unpaired) electrons. The highest BCUT2D eigenvalue weighted by Gasteiger charge is 2.32. The zero-order chi connectivity index (χ0) is 13.3. The van der Waals surface area contributed by atoms with E-state index in [9.17, 15) is 0 Å². The molecular weight excluding hydrogens is 220 g/mol. The molecular formula is C16H32N2. The molecule has 0 bridgehead atoms. The van der Waals surface area contributed by atoms with Gasteiger partial charge >= 0.3 is 0 Å². The Labute approximate surface area is 114 Å². The van der Waals surface area contributed by atoms with E-state index in [0.29, 0.717) is 5.41 Å². The van der Waals surface area contributed by atoms with Gasteiger partial charge in [-0.1, -0.05) is 20.8 Å². The molecule has 2 rings (SSSR count). The lowest BCUT2D eigenvalue weighted by Crippen LogP contribution is -2.53. The molecule has 1 saturated heterocycles. The molecule has 2 nitrogen and oxygen atoms in total. The third-order valence-electron chi connectivity index (χ3n) is 5.40. The highest BCUT2D eigenvalue weighted by Crippen LogP contribution is 2.35. The van der Waals surface area contributed by atoms with Crippen LogP contribution in [0.3, 0.4) is 0 Å². The second-order valence-electron chi connectivity index (χ2n) is 7.71. The van der Waals surface area contributed by atoms with Gasteiger partial charge in [-0.3, -0.25) is 0 Å². The van der Waals surface area contributed by atoms with Crippen LogP contribution in [0.1, 0.15) is 59.8 Å². The van der Waals surface area contributed by atoms with Gasteiger partial charge < -0.3 is 10.2 Å². The number of piperidine rings is 1. The molecule has 18 heavy (non-hydrogen) atoms. The first-order valence-electron chi connectivity index (χ1n) is 7.84. The largest absolute Gasteiger partial charge is 0.311 e. The summed E-state index contributed by atoms with van der Waals surface area (Å²) in [4.78, 5) is 2.51. The molecule has 0 amide bonds. The van der Waals surface area contributed by atoms with Crippen LogP contribution in [-0.4, -0.2) is 36.6 Å². The normalized spacial score (nSPS) is 38.8. The highest BCUT2D eigenvalue weighted by molar-refractivity contribution is 4.90. The lowest BCUT2D eigenvalue weighted by Gasteiger charge is -2.43. The van der Waals surface area contributed by atoms with Crippen molar-refractivity contribution in [3.8, 4) is 0 Å². The van der Waals surface area contributed by atoms with E-state index in [1.54, 1.807) is 0 Å². The maximum Gasteiger partial charge on any atom is 0.0122 e. The van der Waals surface area contributed by atoms with Crippen LogP contribution in [0.2, 0.25) is 0 Å². The van der Waals surface area contributed by atoms with Crippen LogP contribution in [0.5, 0.6) is 0 Å². The molecule has 1 N–H and O–H groups in total. The Morgan fingerprint density at radius 1 is 1.11 bits per heavy atom. The fraction of sp³-hybridized carbons (Fsp3) is 1.00. The second-order valence-corrected chi connectivity index (χ2v) is 7.71. The molecule has 1 aliphatic heterocycles. The molecule has 2 aliphatic rings. The topological polar surface area (TPSA) is 15.3 Å². The van der Waals surface area contributed by atoms with E-state index < -0.39 is 0 Å². The van der Waals surface area contributed by atoms with Crippen molar-refractivity contribution in [1.82, 2.24) is 10.2 Å². The van der Waals surface area contributed by atoms with Crippen molar-refractivity contribution < 1.29 is 0 Å². The van der Waals surface area contributed by atoms with E-state index in [2.05, 4.69) is 45.0 Å². The van der Waals surface area contributed by atoms with Crippen LogP contribution in [0.15, 0.2) is 0 Å². The zero-order valence-electron chi connectivity index (χ0n) is 13.0. The lowest BCUT2D eigenvalue weighted by atomic mass is 9.75. The molecule has 106 valence electrons. The third-order valence-corrected chi connectivity index (χ3v) is 5.40. The molecule has 0 aromatic carbocycles. The molecule has 2 fully saturated rings. The van der Waals surface area contributed by atoms with Crippen LogP contribution in [0, 0.1) is 11.3 Å². The van der Waals surface area contributed by atoms with Gasteiger partial charge in [-0.25, -0.2) is 0 Å². The van der Waals surface area contributed by atoms with Gasteiger partial charge in [0.25, 0.3) is 0 Å². The minimum Gasteiger partial charge on any atom is -0.311 e. The molecule has 0 aromatic heterocycles. The Bertz CT molecular complexity index is 264. The molecule has 0 spiro atoms. The number of hydrogen-bond acceptors (Lipinski definition) is 2. The van der Waals surface area contributed by atoms with Gasteiger partial charge in [0.05, 0.1) is 0 Å². The average molecular weight is 252 g/mol. The Kier molecular flexibility index (Phi) is 4.38. The first-order valence-corrected chi connectivity index (χ1v) is 7.84. The summed E-state index contributed by atoms with van der Waals surface area (Å²) in [6.45, 7) is 10.9. The maximum absolute atomic E-state index is 3.97. The number of likely N-dealkylation sites (tertiary alicyclic amines) is 1. The van der Waals surface area contributed by atoms with Crippen molar-refractivity contribution in [2.24, 2.45) is 11.3 Å². The molecule has 0 aromatic rings. The summed E-state index contributed by atoms with van der Waals surface area (Å²) in [7, 11) is 2.26. The first kappa shape index (κ1) is 14.3. The zero-order valence-corrected chi connectivity index (χ0v) is 13.0. The third kappa shape index (κ3) is 3.48. The van der Waals surface area contributed by atoms with E-state index in [1.807, 2.05) is 0 Å². The van der Waals surface area contributed by atoms with E-state index in [-0.39, 0.29) is 0 Å². The van der Waals surface area contributed by atoms with Crippen LogP contribution in [0.25, 0.3) is 0 Å². The molecule has 1 aliphatic carbocycles. The summed E-state index contributed by atoms with van der Waals surface area (Å²) in [5.74, 6) is 0.793. The van der Waals surface area contributed by atoms with E-state index in [1.165, 1.54) is 38.6 Å². The summed E-state index contributed by atoms with van der Waals surface area (Å²) >= 11 is 0. The Hall–Kier alpha value is -0.0800. The summed E-state index contributed by atoms with van der Waals surface area (Å²) in [5, 5.41) is 3.97. The van der Waals surface area contributed by atoms with E-state index >= 15 is 0 Å². The van der Waals surface area contributed by atoms with Gasteiger partial charge in [0, 0.05) is 24.7 Å². The number of rotatable bonds is 2. The predicted molar refractivity (Wildman–Crippen MR) is 78.8 cm³/mol. The van der Waals surface area contributed by atoms with Gasteiger partial charge in [-0.15, -0.1) is 0 Å². The Morgan fingerprint density at radius 3 is 2.33 bits per heavy atom.